The second-order valence-electron chi connectivity index (χ2n) is 8.37. The van der Waals surface area contributed by atoms with Gasteiger partial charge in [0.1, 0.15) is 11.5 Å². The Balaban J connectivity index is 1.24. The number of carboxylic acids is 1. The molecular formula is C27H28O4. The fourth-order valence-electron chi connectivity index (χ4n) is 3.90. The van der Waals surface area contributed by atoms with Gasteiger partial charge in [0.25, 0.3) is 0 Å². The van der Waals surface area contributed by atoms with E-state index in [-0.39, 0.29) is 6.10 Å². The van der Waals surface area contributed by atoms with E-state index in [1.54, 1.807) is 6.92 Å². The maximum Gasteiger partial charge on any atom is 0.306 e. The lowest BCUT2D eigenvalue weighted by atomic mass is 9.83. The average molecular weight is 417 g/mol. The molecule has 1 aliphatic carbocycles. The molecular weight excluding hydrogens is 388 g/mol. The van der Waals surface area contributed by atoms with Crippen LogP contribution >= 0.6 is 0 Å². The van der Waals surface area contributed by atoms with Crippen molar-refractivity contribution in [2.24, 2.45) is 11.8 Å². The van der Waals surface area contributed by atoms with Crippen LogP contribution in [-0.4, -0.2) is 23.8 Å². The van der Waals surface area contributed by atoms with E-state index in [0.29, 0.717) is 18.9 Å². The Morgan fingerprint density at radius 2 is 1.65 bits per heavy atom. The molecule has 0 saturated heterocycles. The van der Waals surface area contributed by atoms with Crippen molar-refractivity contribution in [1.82, 2.24) is 0 Å². The van der Waals surface area contributed by atoms with Gasteiger partial charge in [0.05, 0.1) is 18.6 Å². The van der Waals surface area contributed by atoms with E-state index < -0.39 is 11.9 Å². The third-order valence-corrected chi connectivity index (χ3v) is 5.78. The minimum atomic E-state index is -0.777. The smallest absolute Gasteiger partial charge is 0.306 e. The van der Waals surface area contributed by atoms with Crippen LogP contribution in [0.2, 0.25) is 0 Å². The summed E-state index contributed by atoms with van der Waals surface area (Å²) in [7, 11) is 0. The first kappa shape index (κ1) is 21.0. The maximum atomic E-state index is 11.1. The first-order chi connectivity index (χ1) is 15.1. The quantitative estimate of drug-likeness (QED) is 0.475. The first-order valence-electron chi connectivity index (χ1n) is 10.8. The van der Waals surface area contributed by atoms with Gasteiger partial charge in [-0.3, -0.25) is 4.79 Å². The number of hydrogen-bond donors (Lipinski definition) is 1. The first-order valence-corrected chi connectivity index (χ1v) is 10.8. The normalized spacial score (nSPS) is 18.6. The van der Waals surface area contributed by atoms with Crippen LogP contribution in [-0.2, 0) is 11.2 Å². The Bertz CT molecular complexity index is 1010. The maximum absolute atomic E-state index is 11.1. The van der Waals surface area contributed by atoms with Gasteiger partial charge in [-0.05, 0) is 66.1 Å². The number of hydrogen-bond acceptors (Lipinski definition) is 3. The predicted molar refractivity (Wildman–Crippen MR) is 121 cm³/mol. The lowest BCUT2D eigenvalue weighted by Gasteiger charge is -2.35. The fourth-order valence-corrected chi connectivity index (χ4v) is 3.90. The van der Waals surface area contributed by atoms with Crippen LogP contribution in [0.15, 0.2) is 78.9 Å². The molecule has 0 heterocycles. The van der Waals surface area contributed by atoms with Gasteiger partial charge in [-0.25, -0.2) is 0 Å². The van der Waals surface area contributed by atoms with Crippen molar-refractivity contribution < 1.29 is 19.4 Å². The zero-order valence-corrected chi connectivity index (χ0v) is 17.7. The third kappa shape index (κ3) is 5.66. The predicted octanol–water partition coefficient (Wildman–Crippen LogP) is 5.85. The zero-order valence-electron chi connectivity index (χ0n) is 17.7. The van der Waals surface area contributed by atoms with Gasteiger partial charge in [0, 0.05) is 0 Å². The molecule has 1 aliphatic rings. The summed E-state index contributed by atoms with van der Waals surface area (Å²) >= 11 is 0. The molecule has 4 rings (SSSR count). The lowest BCUT2D eigenvalue weighted by molar-refractivity contribution is -0.141. The van der Waals surface area contributed by atoms with E-state index in [4.69, 9.17) is 14.6 Å². The third-order valence-electron chi connectivity index (χ3n) is 5.78. The van der Waals surface area contributed by atoms with Crippen molar-refractivity contribution in [1.29, 1.82) is 0 Å². The van der Waals surface area contributed by atoms with Crippen molar-refractivity contribution in [3.05, 3.63) is 84.4 Å². The SMILES string of the molecule is CC(Cc1cccc(OCC2CC(Oc3cccc(-c4ccccc4)c3)C2)c1)C(=O)O. The van der Waals surface area contributed by atoms with Gasteiger partial charge in [0.2, 0.25) is 0 Å². The summed E-state index contributed by atoms with van der Waals surface area (Å²) in [6, 6.07) is 26.3. The minimum absolute atomic E-state index is 0.224. The molecule has 3 aromatic rings. The molecule has 31 heavy (non-hydrogen) atoms. The van der Waals surface area contributed by atoms with Gasteiger partial charge in [-0.15, -0.1) is 0 Å². The molecule has 1 fully saturated rings. The van der Waals surface area contributed by atoms with Crippen LogP contribution in [0.5, 0.6) is 11.5 Å². The summed E-state index contributed by atoms with van der Waals surface area (Å²) in [5, 5.41) is 9.09. The zero-order chi connectivity index (χ0) is 21.6. The summed E-state index contributed by atoms with van der Waals surface area (Å²) in [4.78, 5) is 11.1. The van der Waals surface area contributed by atoms with Gasteiger partial charge in [-0.1, -0.05) is 61.5 Å². The molecule has 0 aromatic heterocycles. The van der Waals surface area contributed by atoms with Crippen molar-refractivity contribution in [2.45, 2.75) is 32.3 Å². The van der Waals surface area contributed by atoms with Gasteiger partial charge >= 0.3 is 5.97 Å². The Morgan fingerprint density at radius 1 is 0.935 bits per heavy atom. The molecule has 4 heteroatoms. The Morgan fingerprint density at radius 3 is 2.42 bits per heavy atom. The van der Waals surface area contributed by atoms with Gasteiger partial charge in [-0.2, -0.15) is 0 Å². The molecule has 1 saturated carbocycles. The number of rotatable bonds is 9. The van der Waals surface area contributed by atoms with Crippen LogP contribution in [0.3, 0.4) is 0 Å². The van der Waals surface area contributed by atoms with Crippen LogP contribution in [0, 0.1) is 11.8 Å². The molecule has 160 valence electrons. The highest BCUT2D eigenvalue weighted by Gasteiger charge is 2.31. The van der Waals surface area contributed by atoms with Gasteiger partial charge < -0.3 is 14.6 Å². The number of aliphatic carboxylic acids is 1. The average Bonchev–Trinajstić information content (AvgIpc) is 2.76. The van der Waals surface area contributed by atoms with E-state index in [1.807, 2.05) is 54.6 Å². The largest absolute Gasteiger partial charge is 0.493 e. The molecule has 0 aliphatic heterocycles. The van der Waals surface area contributed by atoms with Crippen molar-refractivity contribution in [2.75, 3.05) is 6.61 Å². The molecule has 4 nitrogen and oxygen atoms in total. The molecule has 1 unspecified atom stereocenters. The highest BCUT2D eigenvalue weighted by atomic mass is 16.5. The Kier molecular flexibility index (Phi) is 6.56. The number of carboxylic acid groups (broad SMARTS) is 1. The van der Waals surface area contributed by atoms with Crippen molar-refractivity contribution in [3.8, 4) is 22.6 Å². The van der Waals surface area contributed by atoms with Crippen LogP contribution in [0.4, 0.5) is 0 Å². The fraction of sp³-hybridized carbons (Fsp3) is 0.296. The number of ether oxygens (including phenoxy) is 2. The second-order valence-corrected chi connectivity index (χ2v) is 8.37. The Hall–Kier alpha value is -3.27. The molecule has 0 spiro atoms. The van der Waals surface area contributed by atoms with Crippen molar-refractivity contribution >= 4 is 5.97 Å². The molecule has 3 aromatic carbocycles. The van der Waals surface area contributed by atoms with E-state index in [2.05, 4.69) is 24.3 Å². The molecule has 0 bridgehead atoms. The highest BCUT2D eigenvalue weighted by molar-refractivity contribution is 5.70. The van der Waals surface area contributed by atoms with E-state index >= 15 is 0 Å². The molecule has 1 atom stereocenters. The van der Waals surface area contributed by atoms with E-state index in [9.17, 15) is 4.79 Å². The van der Waals surface area contributed by atoms with Crippen LogP contribution in [0.25, 0.3) is 11.1 Å². The topological polar surface area (TPSA) is 55.8 Å². The minimum Gasteiger partial charge on any atom is -0.493 e. The van der Waals surface area contributed by atoms with E-state index in [0.717, 1.165) is 35.5 Å². The summed E-state index contributed by atoms with van der Waals surface area (Å²) in [6.07, 6.45) is 2.69. The number of benzene rings is 3. The molecule has 0 amide bonds. The summed E-state index contributed by atoms with van der Waals surface area (Å²) in [6.45, 7) is 2.38. The summed E-state index contributed by atoms with van der Waals surface area (Å²) in [5.74, 6) is 1.01. The second kappa shape index (κ2) is 9.69. The summed E-state index contributed by atoms with van der Waals surface area (Å²) < 4.78 is 12.1. The van der Waals surface area contributed by atoms with E-state index in [1.165, 1.54) is 5.56 Å². The highest BCUT2D eigenvalue weighted by Crippen LogP contribution is 2.33. The van der Waals surface area contributed by atoms with Crippen molar-refractivity contribution in [3.63, 3.8) is 0 Å². The number of carbonyl (C=O) groups is 1. The van der Waals surface area contributed by atoms with Crippen LogP contribution in [0.1, 0.15) is 25.3 Å². The summed E-state index contributed by atoms with van der Waals surface area (Å²) in [5.41, 5.74) is 3.34. The Labute approximate surface area is 183 Å². The molecule has 0 radical (unpaired) electrons. The van der Waals surface area contributed by atoms with Crippen LogP contribution < -0.4 is 9.47 Å². The monoisotopic (exact) mass is 416 g/mol. The standard InChI is InChI=1S/C27H28O4/c1-19(27(28)29)13-20-7-5-11-24(14-20)30-18-21-15-26(16-21)31-25-12-6-10-23(17-25)22-8-3-2-4-9-22/h2-12,14,17,19,21,26H,13,15-16,18H2,1H3,(H,28,29). The lowest BCUT2D eigenvalue weighted by Crippen LogP contribution is -2.37. The van der Waals surface area contributed by atoms with Gasteiger partial charge in [0.15, 0.2) is 0 Å². The molecule has 1 N–H and O–H groups in total.